The Morgan fingerprint density at radius 3 is 2.48 bits per heavy atom. The van der Waals surface area contributed by atoms with Gasteiger partial charge >= 0.3 is 5.97 Å². The van der Waals surface area contributed by atoms with Crippen molar-refractivity contribution >= 4 is 23.3 Å². The van der Waals surface area contributed by atoms with Crippen LogP contribution in [-0.2, 0) is 9.53 Å². The van der Waals surface area contributed by atoms with E-state index in [0.717, 1.165) is 17.2 Å². The number of methoxy groups -OCH3 is 1. The molecular weight excluding hydrogens is 380 g/mol. The zero-order valence-electron chi connectivity index (χ0n) is 16.6. The molecule has 0 aliphatic heterocycles. The quantitative estimate of drug-likeness (QED) is 0.408. The maximum atomic E-state index is 12.4. The molecule has 1 N–H and O–H groups in total. The second kappa shape index (κ2) is 9.54. The van der Waals surface area contributed by atoms with Crippen molar-refractivity contribution in [3.05, 3.63) is 57.1 Å². The summed E-state index contributed by atoms with van der Waals surface area (Å²) < 4.78 is 15.4. The van der Waals surface area contributed by atoms with Gasteiger partial charge in [-0.3, -0.25) is 14.9 Å². The van der Waals surface area contributed by atoms with Gasteiger partial charge in [-0.15, -0.1) is 0 Å². The Morgan fingerprint density at radius 2 is 1.86 bits per heavy atom. The molecular formula is C20H22N2O7. The molecule has 0 aromatic heterocycles. The van der Waals surface area contributed by atoms with E-state index in [0.29, 0.717) is 5.69 Å². The van der Waals surface area contributed by atoms with E-state index < -0.39 is 29.1 Å². The molecule has 0 saturated carbocycles. The van der Waals surface area contributed by atoms with E-state index in [2.05, 4.69) is 5.32 Å². The smallest absolute Gasteiger partial charge is 0.345 e. The second-order valence-corrected chi connectivity index (χ2v) is 6.15. The van der Waals surface area contributed by atoms with Crippen molar-refractivity contribution in [2.45, 2.75) is 20.8 Å². The Morgan fingerprint density at radius 1 is 1.14 bits per heavy atom. The minimum Gasteiger partial charge on any atom is -0.493 e. The molecule has 0 aliphatic rings. The van der Waals surface area contributed by atoms with Gasteiger partial charge in [0.25, 0.3) is 11.6 Å². The lowest BCUT2D eigenvalue weighted by Crippen LogP contribution is -2.22. The largest absolute Gasteiger partial charge is 0.493 e. The van der Waals surface area contributed by atoms with Gasteiger partial charge in [0, 0.05) is 11.8 Å². The molecule has 0 bridgehead atoms. The molecule has 154 valence electrons. The van der Waals surface area contributed by atoms with Crippen LogP contribution in [0.15, 0.2) is 30.3 Å². The average molecular weight is 402 g/mol. The first kappa shape index (κ1) is 21.7. The van der Waals surface area contributed by atoms with Crippen molar-refractivity contribution in [3.63, 3.8) is 0 Å². The molecule has 9 nitrogen and oxygen atoms in total. The monoisotopic (exact) mass is 402 g/mol. The molecule has 1 amide bonds. The number of carbonyl (C=O) groups excluding carboxylic acids is 2. The molecule has 9 heteroatoms. The first-order valence-electron chi connectivity index (χ1n) is 8.80. The van der Waals surface area contributed by atoms with Crippen LogP contribution in [0, 0.1) is 24.0 Å². The highest BCUT2D eigenvalue weighted by atomic mass is 16.6. The molecule has 2 aromatic rings. The number of hydrogen-bond acceptors (Lipinski definition) is 7. The van der Waals surface area contributed by atoms with Crippen LogP contribution in [0.25, 0.3) is 0 Å². The number of nitrogens with one attached hydrogen (secondary N) is 1. The predicted octanol–water partition coefficient (Wildman–Crippen LogP) is 3.41. The van der Waals surface area contributed by atoms with E-state index in [4.69, 9.17) is 14.2 Å². The summed E-state index contributed by atoms with van der Waals surface area (Å²) in [6.07, 6.45) is 0. The Labute approximate surface area is 167 Å². The van der Waals surface area contributed by atoms with Gasteiger partial charge < -0.3 is 19.5 Å². The number of amides is 1. The molecule has 2 rings (SSSR count). The van der Waals surface area contributed by atoms with Crippen molar-refractivity contribution in [1.82, 2.24) is 0 Å². The Balaban J connectivity index is 2.17. The summed E-state index contributed by atoms with van der Waals surface area (Å²) in [5, 5.41) is 14.0. The minimum atomic E-state index is -1.02. The average Bonchev–Trinajstić information content (AvgIpc) is 2.68. The van der Waals surface area contributed by atoms with Crippen LogP contribution in [0.1, 0.15) is 28.4 Å². The second-order valence-electron chi connectivity index (χ2n) is 6.15. The maximum absolute atomic E-state index is 12.4. The van der Waals surface area contributed by atoms with E-state index in [1.807, 2.05) is 26.0 Å². The van der Waals surface area contributed by atoms with Gasteiger partial charge in [0.1, 0.15) is 5.56 Å². The SMILES string of the molecule is CCOc1cc(C(=O)OCC(=O)Nc2cc(C)ccc2C)c([N+](=O)[O-])cc1OC. The Bertz CT molecular complexity index is 941. The van der Waals surface area contributed by atoms with Gasteiger partial charge in [-0.05, 0) is 38.0 Å². The third kappa shape index (κ3) is 5.44. The third-order valence-corrected chi connectivity index (χ3v) is 4.00. The highest BCUT2D eigenvalue weighted by Crippen LogP contribution is 2.35. The van der Waals surface area contributed by atoms with Gasteiger partial charge in [-0.1, -0.05) is 12.1 Å². The lowest BCUT2D eigenvalue weighted by atomic mass is 10.1. The number of ether oxygens (including phenoxy) is 3. The molecule has 0 radical (unpaired) electrons. The van der Waals surface area contributed by atoms with Crippen LogP contribution in [0.4, 0.5) is 11.4 Å². The summed E-state index contributed by atoms with van der Waals surface area (Å²) in [5.41, 5.74) is 1.56. The number of nitrogens with zero attached hydrogens (tertiary/aromatic N) is 1. The first-order chi connectivity index (χ1) is 13.8. The molecule has 0 spiro atoms. The molecule has 0 fully saturated rings. The summed E-state index contributed by atoms with van der Waals surface area (Å²) in [6, 6.07) is 7.80. The van der Waals surface area contributed by atoms with Gasteiger partial charge in [-0.2, -0.15) is 0 Å². The first-order valence-corrected chi connectivity index (χ1v) is 8.80. The highest BCUT2D eigenvalue weighted by molar-refractivity contribution is 5.98. The van der Waals surface area contributed by atoms with Crippen molar-refractivity contribution in [2.75, 3.05) is 25.6 Å². The van der Waals surface area contributed by atoms with Crippen LogP contribution in [-0.4, -0.2) is 37.1 Å². The van der Waals surface area contributed by atoms with Gasteiger partial charge in [0.05, 0.1) is 24.7 Å². The maximum Gasteiger partial charge on any atom is 0.345 e. The fourth-order valence-corrected chi connectivity index (χ4v) is 2.56. The Kier molecular flexibility index (Phi) is 7.13. The van der Waals surface area contributed by atoms with Gasteiger partial charge in [0.2, 0.25) is 0 Å². The van der Waals surface area contributed by atoms with E-state index in [-0.39, 0.29) is 23.7 Å². The van der Waals surface area contributed by atoms with E-state index in [1.54, 1.807) is 13.0 Å². The number of carbonyl (C=O) groups is 2. The third-order valence-electron chi connectivity index (χ3n) is 4.00. The number of anilines is 1. The minimum absolute atomic E-state index is 0.114. The zero-order valence-corrected chi connectivity index (χ0v) is 16.6. The molecule has 0 aliphatic carbocycles. The molecule has 2 aromatic carbocycles. The van der Waals surface area contributed by atoms with Crippen LogP contribution in [0.3, 0.4) is 0 Å². The van der Waals surface area contributed by atoms with E-state index >= 15 is 0 Å². The molecule has 0 saturated heterocycles. The lowest BCUT2D eigenvalue weighted by molar-refractivity contribution is -0.385. The van der Waals surface area contributed by atoms with Crippen LogP contribution in [0.2, 0.25) is 0 Å². The summed E-state index contributed by atoms with van der Waals surface area (Å²) >= 11 is 0. The van der Waals surface area contributed by atoms with Gasteiger partial charge in [0.15, 0.2) is 18.1 Å². The van der Waals surface area contributed by atoms with Crippen LogP contribution < -0.4 is 14.8 Å². The number of nitro groups is 1. The number of benzene rings is 2. The molecule has 0 unspecified atom stereocenters. The van der Waals surface area contributed by atoms with E-state index in [9.17, 15) is 19.7 Å². The van der Waals surface area contributed by atoms with Gasteiger partial charge in [-0.25, -0.2) is 4.79 Å². The molecule has 0 heterocycles. The number of hydrogen-bond donors (Lipinski definition) is 1. The fourth-order valence-electron chi connectivity index (χ4n) is 2.56. The molecule has 0 atom stereocenters. The summed E-state index contributed by atoms with van der Waals surface area (Å²) in [5.74, 6) is -1.31. The summed E-state index contributed by atoms with van der Waals surface area (Å²) in [6.45, 7) is 5.10. The van der Waals surface area contributed by atoms with Crippen molar-refractivity contribution in [2.24, 2.45) is 0 Å². The zero-order chi connectivity index (χ0) is 21.6. The lowest BCUT2D eigenvalue weighted by Gasteiger charge is -2.12. The summed E-state index contributed by atoms with van der Waals surface area (Å²) in [4.78, 5) is 35.1. The topological polar surface area (TPSA) is 117 Å². The Hall–Kier alpha value is -3.62. The predicted molar refractivity (Wildman–Crippen MR) is 106 cm³/mol. The summed E-state index contributed by atoms with van der Waals surface area (Å²) in [7, 11) is 1.33. The van der Waals surface area contributed by atoms with Crippen molar-refractivity contribution < 1.29 is 28.7 Å². The van der Waals surface area contributed by atoms with Crippen molar-refractivity contribution in [3.8, 4) is 11.5 Å². The molecule has 29 heavy (non-hydrogen) atoms. The standard InChI is InChI=1S/C20H22N2O7/c1-5-28-18-9-14(16(22(25)26)10-17(18)27-4)20(24)29-11-19(23)21-15-8-12(2)6-7-13(15)3/h6-10H,5,11H2,1-4H3,(H,21,23). The van der Waals surface area contributed by atoms with Crippen LogP contribution >= 0.6 is 0 Å². The fraction of sp³-hybridized carbons (Fsp3) is 0.300. The highest BCUT2D eigenvalue weighted by Gasteiger charge is 2.26. The van der Waals surface area contributed by atoms with Crippen LogP contribution in [0.5, 0.6) is 11.5 Å². The normalized spacial score (nSPS) is 10.2. The number of esters is 1. The number of nitro benzene ring substituents is 1. The van der Waals surface area contributed by atoms with Crippen molar-refractivity contribution in [1.29, 1.82) is 0 Å². The number of aryl methyl sites for hydroxylation is 2. The number of rotatable bonds is 8. The van der Waals surface area contributed by atoms with E-state index in [1.165, 1.54) is 13.2 Å².